The van der Waals surface area contributed by atoms with Gasteiger partial charge in [-0.05, 0) is 12.5 Å². The van der Waals surface area contributed by atoms with Crippen molar-refractivity contribution < 1.29 is 24.2 Å². The van der Waals surface area contributed by atoms with Gasteiger partial charge in [-0.3, -0.25) is 9.59 Å². The van der Waals surface area contributed by atoms with Crippen LogP contribution in [0.5, 0.6) is 11.6 Å². The van der Waals surface area contributed by atoms with Crippen molar-refractivity contribution in [1.82, 2.24) is 4.98 Å². The highest BCUT2D eigenvalue weighted by Gasteiger charge is 2.20. The molecule has 0 spiro atoms. The van der Waals surface area contributed by atoms with Gasteiger partial charge in [-0.2, -0.15) is 0 Å². The first-order chi connectivity index (χ1) is 11.5. The van der Waals surface area contributed by atoms with Gasteiger partial charge < -0.3 is 14.6 Å². The van der Waals surface area contributed by atoms with Crippen molar-refractivity contribution in [3.05, 3.63) is 17.0 Å². The Bertz CT molecular complexity index is 745. The number of alkyl halides is 1. The number of halogens is 1. The summed E-state index contributed by atoms with van der Waals surface area (Å²) < 4.78 is 11.6. The van der Waals surface area contributed by atoms with Gasteiger partial charge in [0.15, 0.2) is 11.5 Å². The number of carboxylic acid groups (broad SMARTS) is 1. The number of fused-ring (bicyclic) bond motifs is 1. The molecule has 6 nitrogen and oxygen atoms in total. The maximum Gasteiger partial charge on any atom is 0.306 e. The number of carbonyl (C=O) groups excluding carboxylic acids is 1. The normalized spacial score (nSPS) is 12.1. The van der Waals surface area contributed by atoms with E-state index in [9.17, 15) is 9.59 Å². The molecule has 1 unspecified atom stereocenters. The standard InChI is InChI=1S/C16H18ClNO5S/c1-9(16(20)21)6-11(19)14-7-10-13(24-14)8-12(15(18-10)22-2)23-5-3-4-17/h7-9H,3-6H2,1-2H3,(H,20,21). The number of hydrogen-bond acceptors (Lipinski definition) is 6. The lowest BCUT2D eigenvalue weighted by atomic mass is 10.0. The summed E-state index contributed by atoms with van der Waals surface area (Å²) >= 11 is 6.90. The Morgan fingerprint density at radius 1 is 1.42 bits per heavy atom. The third-order valence-corrected chi connectivity index (χ3v) is 4.73. The van der Waals surface area contributed by atoms with Crippen LogP contribution in [0, 0.1) is 5.92 Å². The molecule has 2 rings (SSSR count). The van der Waals surface area contributed by atoms with E-state index in [4.69, 9.17) is 26.2 Å². The van der Waals surface area contributed by atoms with Crippen LogP contribution in [0.15, 0.2) is 12.1 Å². The van der Waals surface area contributed by atoms with Gasteiger partial charge in [-0.25, -0.2) is 4.98 Å². The average Bonchev–Trinajstić information content (AvgIpc) is 2.97. The Morgan fingerprint density at radius 3 is 2.79 bits per heavy atom. The van der Waals surface area contributed by atoms with Gasteiger partial charge in [-0.1, -0.05) is 6.92 Å². The smallest absolute Gasteiger partial charge is 0.306 e. The van der Waals surface area contributed by atoms with Crippen molar-refractivity contribution in [3.63, 3.8) is 0 Å². The first kappa shape index (κ1) is 18.5. The van der Waals surface area contributed by atoms with Gasteiger partial charge in [0, 0.05) is 18.4 Å². The maximum atomic E-state index is 12.2. The van der Waals surface area contributed by atoms with Crippen LogP contribution in [0.4, 0.5) is 0 Å². The summed E-state index contributed by atoms with van der Waals surface area (Å²) in [7, 11) is 1.50. The van der Waals surface area contributed by atoms with Crippen molar-refractivity contribution in [2.24, 2.45) is 5.92 Å². The molecule has 1 N–H and O–H groups in total. The van der Waals surface area contributed by atoms with E-state index in [1.807, 2.05) is 0 Å². The third kappa shape index (κ3) is 4.36. The number of ether oxygens (including phenoxy) is 2. The highest BCUT2D eigenvalue weighted by atomic mass is 35.5. The minimum Gasteiger partial charge on any atom is -0.488 e. The summed E-state index contributed by atoms with van der Waals surface area (Å²) in [5.41, 5.74) is 0.618. The highest BCUT2D eigenvalue weighted by molar-refractivity contribution is 7.20. The van der Waals surface area contributed by atoms with Crippen LogP contribution in [0.3, 0.4) is 0 Å². The number of hydrogen-bond donors (Lipinski definition) is 1. The van der Waals surface area contributed by atoms with Gasteiger partial charge in [0.05, 0.1) is 34.7 Å². The van der Waals surface area contributed by atoms with Gasteiger partial charge in [-0.15, -0.1) is 22.9 Å². The van der Waals surface area contributed by atoms with Crippen LogP contribution in [0.25, 0.3) is 10.2 Å². The van der Waals surface area contributed by atoms with Gasteiger partial charge >= 0.3 is 5.97 Å². The van der Waals surface area contributed by atoms with E-state index in [0.29, 0.717) is 40.9 Å². The molecule has 2 aromatic heterocycles. The van der Waals surface area contributed by atoms with Crippen molar-refractivity contribution in [2.45, 2.75) is 19.8 Å². The zero-order valence-electron chi connectivity index (χ0n) is 13.4. The number of carbonyl (C=O) groups is 2. The summed E-state index contributed by atoms with van der Waals surface area (Å²) in [6.07, 6.45) is 0.655. The molecule has 24 heavy (non-hydrogen) atoms. The molecular formula is C16H18ClNO5S. The van der Waals surface area contributed by atoms with E-state index in [0.717, 1.165) is 4.70 Å². The summed E-state index contributed by atoms with van der Waals surface area (Å²) in [5, 5.41) is 8.92. The number of thiophene rings is 1. The van der Waals surface area contributed by atoms with E-state index in [2.05, 4.69) is 4.98 Å². The van der Waals surface area contributed by atoms with Crippen LogP contribution < -0.4 is 9.47 Å². The molecule has 0 fully saturated rings. The second kappa shape index (κ2) is 8.30. The molecule has 0 saturated heterocycles. The Hall–Kier alpha value is -1.86. The van der Waals surface area contributed by atoms with E-state index in [1.54, 1.807) is 12.1 Å². The first-order valence-corrected chi connectivity index (χ1v) is 8.74. The molecule has 0 bridgehead atoms. The number of pyridine rings is 1. The molecule has 130 valence electrons. The first-order valence-electron chi connectivity index (χ1n) is 7.39. The van der Waals surface area contributed by atoms with Gasteiger partial charge in [0.25, 0.3) is 5.88 Å². The number of nitrogens with zero attached hydrogens (tertiary/aromatic N) is 1. The van der Waals surface area contributed by atoms with Crippen LogP contribution in [-0.2, 0) is 4.79 Å². The van der Waals surface area contributed by atoms with Gasteiger partial charge in [0.2, 0.25) is 0 Å². The van der Waals surface area contributed by atoms with Crippen LogP contribution in [0.2, 0.25) is 0 Å². The minimum absolute atomic E-state index is 0.0433. The number of rotatable bonds is 9. The van der Waals surface area contributed by atoms with Crippen LogP contribution in [0.1, 0.15) is 29.4 Å². The minimum atomic E-state index is -0.987. The monoisotopic (exact) mass is 371 g/mol. The fourth-order valence-electron chi connectivity index (χ4n) is 2.02. The molecule has 0 aliphatic heterocycles. The fraction of sp³-hybridized carbons (Fsp3) is 0.438. The van der Waals surface area contributed by atoms with E-state index < -0.39 is 11.9 Å². The highest BCUT2D eigenvalue weighted by Crippen LogP contribution is 2.34. The van der Waals surface area contributed by atoms with E-state index >= 15 is 0 Å². The molecule has 0 aromatic carbocycles. The predicted molar refractivity (Wildman–Crippen MR) is 92.8 cm³/mol. The van der Waals surface area contributed by atoms with E-state index in [1.165, 1.54) is 25.4 Å². The number of Topliss-reactive ketones (excluding diaryl/α,β-unsaturated/α-hetero) is 1. The molecule has 2 heterocycles. The molecule has 8 heteroatoms. The van der Waals surface area contributed by atoms with Gasteiger partial charge in [0.1, 0.15) is 0 Å². The summed E-state index contributed by atoms with van der Waals surface area (Å²) in [6.45, 7) is 1.96. The Kier molecular flexibility index (Phi) is 6.39. The Morgan fingerprint density at radius 2 is 2.17 bits per heavy atom. The summed E-state index contributed by atoms with van der Waals surface area (Å²) in [5.74, 6) is -0.588. The SMILES string of the molecule is COc1nc2cc(C(=O)CC(C)C(=O)O)sc2cc1OCCCCl. The lowest BCUT2D eigenvalue weighted by Crippen LogP contribution is -2.13. The topological polar surface area (TPSA) is 85.7 Å². The number of ketones is 1. The fourth-order valence-corrected chi connectivity index (χ4v) is 3.11. The number of carboxylic acids is 1. The summed E-state index contributed by atoms with van der Waals surface area (Å²) in [6, 6.07) is 3.43. The molecule has 0 aliphatic rings. The zero-order valence-corrected chi connectivity index (χ0v) is 14.9. The predicted octanol–water partition coefficient (Wildman–Crippen LogP) is 3.61. The molecule has 0 amide bonds. The third-order valence-electron chi connectivity index (χ3n) is 3.35. The largest absolute Gasteiger partial charge is 0.488 e. The van der Waals surface area contributed by atoms with Crippen molar-refractivity contribution in [3.8, 4) is 11.6 Å². The lowest BCUT2D eigenvalue weighted by molar-refractivity contribution is -0.141. The Balaban J connectivity index is 2.26. The quantitative estimate of drug-likeness (QED) is 0.411. The molecule has 0 radical (unpaired) electrons. The lowest BCUT2D eigenvalue weighted by Gasteiger charge is -2.08. The maximum absolute atomic E-state index is 12.2. The van der Waals surface area contributed by atoms with E-state index in [-0.39, 0.29) is 12.2 Å². The summed E-state index contributed by atoms with van der Waals surface area (Å²) in [4.78, 5) is 27.9. The molecular weight excluding hydrogens is 354 g/mol. The number of aliphatic carboxylic acids is 1. The van der Waals surface area contributed by atoms with Crippen molar-refractivity contribution >= 4 is 44.9 Å². The zero-order chi connectivity index (χ0) is 17.7. The second-order valence-electron chi connectivity index (χ2n) is 5.25. The van der Waals surface area contributed by atoms with Crippen molar-refractivity contribution in [1.29, 1.82) is 0 Å². The molecule has 0 saturated carbocycles. The Labute approximate surface area is 148 Å². The molecule has 0 aliphatic carbocycles. The van der Waals surface area contributed by atoms with Crippen molar-refractivity contribution in [2.75, 3.05) is 19.6 Å². The number of aromatic nitrogens is 1. The van der Waals surface area contributed by atoms with Crippen LogP contribution >= 0.6 is 22.9 Å². The second-order valence-corrected chi connectivity index (χ2v) is 6.71. The molecule has 1 atom stereocenters. The van der Waals surface area contributed by atoms with Crippen LogP contribution in [-0.4, -0.2) is 41.4 Å². The number of methoxy groups -OCH3 is 1. The molecule has 2 aromatic rings. The average molecular weight is 372 g/mol.